The molecule has 0 fully saturated rings. The number of nitrogens with zero attached hydrogens (tertiary/aromatic N) is 3. The van der Waals surface area contributed by atoms with Gasteiger partial charge in [0.15, 0.2) is 0 Å². The van der Waals surface area contributed by atoms with E-state index in [0.29, 0.717) is 5.41 Å². The highest BCUT2D eigenvalue weighted by Crippen LogP contribution is 2.20. The second-order valence-electron chi connectivity index (χ2n) is 6.00. The predicted octanol–water partition coefficient (Wildman–Crippen LogP) is 2.14. The lowest BCUT2D eigenvalue weighted by Crippen LogP contribution is -2.24. The van der Waals surface area contributed by atoms with Gasteiger partial charge >= 0.3 is 0 Å². The summed E-state index contributed by atoms with van der Waals surface area (Å²) < 4.78 is 0. The molecule has 0 radical (unpaired) electrons. The Morgan fingerprint density at radius 2 is 2.05 bits per heavy atom. The molecule has 1 rings (SSSR count). The Kier molecular flexibility index (Phi) is 6.02. The van der Waals surface area contributed by atoms with Gasteiger partial charge in [-0.1, -0.05) is 20.8 Å². The molecule has 0 spiro atoms. The van der Waals surface area contributed by atoms with E-state index in [1.54, 1.807) is 6.33 Å². The van der Waals surface area contributed by atoms with Crippen molar-refractivity contribution in [2.45, 2.75) is 33.6 Å². The zero-order valence-corrected chi connectivity index (χ0v) is 12.5. The maximum atomic E-state index is 8.75. The third kappa shape index (κ3) is 6.38. The van der Waals surface area contributed by atoms with E-state index < -0.39 is 0 Å². The largest absolute Gasteiger partial charge is 0.396 e. The maximum absolute atomic E-state index is 8.75. The third-order valence-electron chi connectivity index (χ3n) is 2.88. The lowest BCUT2D eigenvalue weighted by atomic mass is 9.92. The van der Waals surface area contributed by atoms with Gasteiger partial charge in [0.2, 0.25) is 0 Å². The zero-order chi connectivity index (χ0) is 14.3. The van der Waals surface area contributed by atoms with Crippen LogP contribution in [0.2, 0.25) is 0 Å². The number of aromatic nitrogens is 2. The molecule has 1 heterocycles. The highest BCUT2D eigenvalue weighted by Gasteiger charge is 2.12. The topological polar surface area (TPSA) is 61.3 Å². The minimum atomic E-state index is 0.191. The minimum absolute atomic E-state index is 0.191. The Morgan fingerprint density at radius 1 is 1.32 bits per heavy atom. The number of rotatable bonds is 7. The number of aliphatic hydroxyl groups excluding tert-OH is 1. The number of aliphatic hydroxyl groups is 1. The summed E-state index contributed by atoms with van der Waals surface area (Å²) in [5.74, 6) is 1.73. The van der Waals surface area contributed by atoms with Gasteiger partial charge in [-0.2, -0.15) is 0 Å². The summed E-state index contributed by atoms with van der Waals surface area (Å²) in [5.41, 5.74) is 0.323. The molecule has 0 saturated heterocycles. The summed E-state index contributed by atoms with van der Waals surface area (Å²) in [6.45, 7) is 8.60. The SMILES string of the molecule is CN(CCC(C)(C)C)c1cc(NCCCO)ncn1. The number of hydrogen-bond acceptors (Lipinski definition) is 5. The molecule has 108 valence electrons. The quantitative estimate of drug-likeness (QED) is 0.740. The Labute approximate surface area is 116 Å². The van der Waals surface area contributed by atoms with E-state index >= 15 is 0 Å². The molecule has 0 amide bonds. The van der Waals surface area contributed by atoms with E-state index in [-0.39, 0.29) is 6.61 Å². The molecule has 1 aromatic rings. The summed E-state index contributed by atoms with van der Waals surface area (Å²) in [4.78, 5) is 10.6. The van der Waals surface area contributed by atoms with Gasteiger partial charge in [0, 0.05) is 32.8 Å². The lowest BCUT2D eigenvalue weighted by molar-refractivity contribution is 0.292. The zero-order valence-electron chi connectivity index (χ0n) is 12.5. The van der Waals surface area contributed by atoms with Crippen molar-refractivity contribution in [1.29, 1.82) is 0 Å². The molecule has 0 aliphatic heterocycles. The molecule has 5 nitrogen and oxygen atoms in total. The lowest BCUT2D eigenvalue weighted by Gasteiger charge is -2.24. The minimum Gasteiger partial charge on any atom is -0.396 e. The van der Waals surface area contributed by atoms with Crippen molar-refractivity contribution in [1.82, 2.24) is 9.97 Å². The van der Waals surface area contributed by atoms with Gasteiger partial charge in [-0.15, -0.1) is 0 Å². The van der Waals surface area contributed by atoms with E-state index in [1.165, 1.54) is 0 Å². The van der Waals surface area contributed by atoms with Crippen LogP contribution in [0.4, 0.5) is 11.6 Å². The monoisotopic (exact) mass is 266 g/mol. The second-order valence-corrected chi connectivity index (χ2v) is 6.00. The molecule has 0 saturated carbocycles. The van der Waals surface area contributed by atoms with Crippen LogP contribution in [0.3, 0.4) is 0 Å². The van der Waals surface area contributed by atoms with E-state index in [9.17, 15) is 0 Å². The first-order valence-corrected chi connectivity index (χ1v) is 6.80. The molecule has 0 aliphatic rings. The molecule has 1 aromatic heterocycles. The highest BCUT2D eigenvalue weighted by atomic mass is 16.3. The molecule has 0 unspecified atom stereocenters. The number of anilines is 2. The first kappa shape index (κ1) is 15.7. The van der Waals surface area contributed by atoms with Crippen molar-refractivity contribution in [3.63, 3.8) is 0 Å². The van der Waals surface area contributed by atoms with Crippen LogP contribution >= 0.6 is 0 Å². The van der Waals surface area contributed by atoms with Gasteiger partial charge in [-0.25, -0.2) is 9.97 Å². The van der Waals surface area contributed by atoms with Gasteiger partial charge in [-0.3, -0.25) is 0 Å². The van der Waals surface area contributed by atoms with Crippen LogP contribution in [0.5, 0.6) is 0 Å². The average Bonchev–Trinajstić information content (AvgIpc) is 2.36. The summed E-state index contributed by atoms with van der Waals surface area (Å²) in [6, 6.07) is 1.94. The van der Waals surface area contributed by atoms with Crippen molar-refractivity contribution in [3.05, 3.63) is 12.4 Å². The Bertz CT molecular complexity index is 376. The van der Waals surface area contributed by atoms with E-state index in [4.69, 9.17) is 5.11 Å². The van der Waals surface area contributed by atoms with Gasteiger partial charge in [-0.05, 0) is 18.3 Å². The average molecular weight is 266 g/mol. The van der Waals surface area contributed by atoms with Crippen LogP contribution in [-0.4, -0.2) is 41.8 Å². The van der Waals surface area contributed by atoms with Gasteiger partial charge in [0.25, 0.3) is 0 Å². The van der Waals surface area contributed by atoms with E-state index in [0.717, 1.165) is 37.6 Å². The van der Waals surface area contributed by atoms with Crippen LogP contribution in [0.15, 0.2) is 12.4 Å². The summed E-state index contributed by atoms with van der Waals surface area (Å²) in [5, 5.41) is 11.9. The van der Waals surface area contributed by atoms with Crippen LogP contribution in [0.25, 0.3) is 0 Å². The predicted molar refractivity (Wildman–Crippen MR) is 79.6 cm³/mol. The Morgan fingerprint density at radius 3 is 2.68 bits per heavy atom. The highest BCUT2D eigenvalue weighted by molar-refractivity contribution is 5.47. The summed E-state index contributed by atoms with van der Waals surface area (Å²) in [7, 11) is 2.05. The number of nitrogens with one attached hydrogen (secondary N) is 1. The molecule has 0 atom stereocenters. The molecular formula is C14H26N4O. The van der Waals surface area contributed by atoms with Crippen molar-refractivity contribution < 1.29 is 5.11 Å². The fraction of sp³-hybridized carbons (Fsp3) is 0.714. The maximum Gasteiger partial charge on any atom is 0.133 e. The smallest absolute Gasteiger partial charge is 0.133 e. The first-order chi connectivity index (χ1) is 8.92. The van der Waals surface area contributed by atoms with Gasteiger partial charge in [0.05, 0.1) is 0 Å². The fourth-order valence-corrected chi connectivity index (χ4v) is 1.57. The summed E-state index contributed by atoms with van der Waals surface area (Å²) in [6.07, 6.45) is 3.41. The second kappa shape index (κ2) is 7.28. The molecule has 19 heavy (non-hydrogen) atoms. The molecule has 0 aliphatic carbocycles. The molecular weight excluding hydrogens is 240 g/mol. The standard InChI is InChI=1S/C14H26N4O/c1-14(2,3)6-8-18(4)13-10-12(16-11-17-13)15-7-5-9-19/h10-11,19H,5-9H2,1-4H3,(H,15,16,17). The molecule has 2 N–H and O–H groups in total. The third-order valence-corrected chi connectivity index (χ3v) is 2.88. The van der Waals surface area contributed by atoms with E-state index in [2.05, 4.69) is 41.0 Å². The van der Waals surface area contributed by atoms with Crippen molar-refractivity contribution in [2.75, 3.05) is 37.0 Å². The Hall–Kier alpha value is -1.36. The first-order valence-electron chi connectivity index (χ1n) is 6.80. The van der Waals surface area contributed by atoms with Crippen LogP contribution in [0, 0.1) is 5.41 Å². The van der Waals surface area contributed by atoms with Gasteiger partial charge < -0.3 is 15.3 Å². The molecule has 0 bridgehead atoms. The number of hydrogen-bond donors (Lipinski definition) is 2. The fourth-order valence-electron chi connectivity index (χ4n) is 1.57. The van der Waals surface area contributed by atoms with Crippen LogP contribution < -0.4 is 10.2 Å². The molecule has 0 aromatic carbocycles. The summed E-state index contributed by atoms with van der Waals surface area (Å²) >= 11 is 0. The van der Waals surface area contributed by atoms with Crippen LogP contribution in [0.1, 0.15) is 33.6 Å². The van der Waals surface area contributed by atoms with E-state index in [1.807, 2.05) is 13.1 Å². The molecule has 5 heteroatoms. The van der Waals surface area contributed by atoms with Crippen molar-refractivity contribution >= 4 is 11.6 Å². The van der Waals surface area contributed by atoms with Crippen molar-refractivity contribution in [2.24, 2.45) is 5.41 Å². The Balaban J connectivity index is 2.55. The van der Waals surface area contributed by atoms with Crippen LogP contribution in [-0.2, 0) is 0 Å². The van der Waals surface area contributed by atoms with Crippen molar-refractivity contribution in [3.8, 4) is 0 Å². The normalized spacial score (nSPS) is 11.4. The van der Waals surface area contributed by atoms with Gasteiger partial charge in [0.1, 0.15) is 18.0 Å².